The van der Waals surface area contributed by atoms with Crippen molar-refractivity contribution in [2.45, 2.75) is 51.5 Å². The van der Waals surface area contributed by atoms with Crippen molar-refractivity contribution in [3.63, 3.8) is 0 Å². The van der Waals surface area contributed by atoms with Crippen molar-refractivity contribution in [2.24, 2.45) is 17.8 Å². The number of hydrogen-bond acceptors (Lipinski definition) is 2. The average Bonchev–Trinajstić information content (AvgIpc) is 3.37. The lowest BCUT2D eigenvalue weighted by Crippen LogP contribution is -2.31. The molecule has 0 spiro atoms. The van der Waals surface area contributed by atoms with E-state index in [1.807, 2.05) is 24.4 Å². The number of benzene rings is 1. The highest BCUT2D eigenvalue weighted by Crippen LogP contribution is 2.49. The van der Waals surface area contributed by atoms with Gasteiger partial charge in [-0.15, -0.1) is 0 Å². The number of rotatable bonds is 6. The summed E-state index contributed by atoms with van der Waals surface area (Å²) in [6.07, 6.45) is 8.71. The third-order valence-electron chi connectivity index (χ3n) is 6.09. The molecule has 25 heavy (non-hydrogen) atoms. The van der Waals surface area contributed by atoms with Crippen LogP contribution in [-0.4, -0.2) is 15.9 Å². The van der Waals surface area contributed by atoms with Crippen molar-refractivity contribution in [1.29, 1.82) is 0 Å². The normalized spacial score (nSPS) is 25.9. The van der Waals surface area contributed by atoms with Gasteiger partial charge >= 0.3 is 0 Å². The van der Waals surface area contributed by atoms with E-state index in [1.54, 1.807) is 0 Å². The molecule has 1 heterocycles. The molecule has 4 nitrogen and oxygen atoms in total. The van der Waals surface area contributed by atoms with Crippen LogP contribution in [-0.2, 0) is 4.79 Å². The highest BCUT2D eigenvalue weighted by molar-refractivity contribution is 5.76. The van der Waals surface area contributed by atoms with Crippen LogP contribution in [0.4, 0.5) is 0 Å². The number of aromatic nitrogens is 2. The van der Waals surface area contributed by atoms with Gasteiger partial charge in [0.2, 0.25) is 5.91 Å². The van der Waals surface area contributed by atoms with Gasteiger partial charge in [0.15, 0.2) is 0 Å². The monoisotopic (exact) mass is 337 g/mol. The SMILES string of the molecule is CCC(NC(=O)CC1CC2CCC1C2)c1ncc(-c2ccccc2)[nH]1. The predicted molar refractivity (Wildman–Crippen MR) is 98.8 cm³/mol. The number of H-pyrrole nitrogens is 1. The van der Waals surface area contributed by atoms with Gasteiger partial charge < -0.3 is 10.3 Å². The van der Waals surface area contributed by atoms with Crippen LogP contribution in [0.25, 0.3) is 11.3 Å². The van der Waals surface area contributed by atoms with E-state index in [0.29, 0.717) is 12.3 Å². The van der Waals surface area contributed by atoms with Crippen molar-refractivity contribution in [1.82, 2.24) is 15.3 Å². The molecule has 2 bridgehead atoms. The number of nitrogens with one attached hydrogen (secondary N) is 2. The molecule has 2 fully saturated rings. The van der Waals surface area contributed by atoms with Crippen LogP contribution >= 0.6 is 0 Å². The van der Waals surface area contributed by atoms with Gasteiger partial charge in [-0.05, 0) is 49.0 Å². The molecule has 1 aromatic heterocycles. The number of nitrogens with zero attached hydrogens (tertiary/aromatic N) is 1. The lowest BCUT2D eigenvalue weighted by atomic mass is 9.86. The molecule has 4 unspecified atom stereocenters. The second-order valence-corrected chi connectivity index (χ2v) is 7.72. The first-order valence-corrected chi connectivity index (χ1v) is 9.62. The Labute approximate surface area is 149 Å². The van der Waals surface area contributed by atoms with Crippen LogP contribution in [0.5, 0.6) is 0 Å². The van der Waals surface area contributed by atoms with Crippen molar-refractivity contribution >= 4 is 5.91 Å². The van der Waals surface area contributed by atoms with E-state index < -0.39 is 0 Å². The third-order valence-corrected chi connectivity index (χ3v) is 6.09. The Balaban J connectivity index is 1.39. The number of hydrogen-bond donors (Lipinski definition) is 2. The fourth-order valence-corrected chi connectivity index (χ4v) is 4.76. The standard InChI is InChI=1S/C21H27N3O/c1-2-18(21-22-13-19(24-21)15-6-4-3-5-7-15)23-20(25)12-17-11-14-8-9-16(17)10-14/h3-7,13-14,16-18H,2,8-12H2,1H3,(H,22,24)(H,23,25). The molecular formula is C21H27N3O. The zero-order chi connectivity index (χ0) is 17.2. The summed E-state index contributed by atoms with van der Waals surface area (Å²) >= 11 is 0. The number of amides is 1. The highest BCUT2D eigenvalue weighted by atomic mass is 16.1. The molecule has 4 rings (SSSR count). The average molecular weight is 337 g/mol. The minimum atomic E-state index is -0.0384. The number of fused-ring (bicyclic) bond motifs is 2. The summed E-state index contributed by atoms with van der Waals surface area (Å²) in [5.41, 5.74) is 2.11. The molecule has 1 aromatic carbocycles. The van der Waals surface area contributed by atoms with Gasteiger partial charge in [-0.2, -0.15) is 0 Å². The molecule has 1 amide bonds. The van der Waals surface area contributed by atoms with Crippen LogP contribution in [0.2, 0.25) is 0 Å². The van der Waals surface area contributed by atoms with Crippen molar-refractivity contribution in [3.8, 4) is 11.3 Å². The maximum absolute atomic E-state index is 12.5. The number of imidazole rings is 1. The van der Waals surface area contributed by atoms with Gasteiger partial charge in [0, 0.05) is 6.42 Å². The highest BCUT2D eigenvalue weighted by Gasteiger charge is 2.40. The van der Waals surface area contributed by atoms with E-state index in [2.05, 4.69) is 34.3 Å². The van der Waals surface area contributed by atoms with E-state index in [4.69, 9.17) is 0 Å². The second kappa shape index (κ2) is 7.03. The Morgan fingerprint density at radius 2 is 2.12 bits per heavy atom. The Bertz CT molecular complexity index is 724. The molecule has 0 radical (unpaired) electrons. The lowest BCUT2D eigenvalue weighted by molar-refractivity contribution is -0.123. The number of carbonyl (C=O) groups is 1. The van der Waals surface area contributed by atoms with E-state index in [-0.39, 0.29) is 11.9 Å². The summed E-state index contributed by atoms with van der Waals surface area (Å²) in [5.74, 6) is 3.32. The van der Waals surface area contributed by atoms with Crippen LogP contribution in [0.1, 0.15) is 57.3 Å². The quantitative estimate of drug-likeness (QED) is 0.817. The molecule has 4 heteroatoms. The summed E-state index contributed by atoms with van der Waals surface area (Å²) in [4.78, 5) is 20.4. The molecule has 2 aliphatic carbocycles. The zero-order valence-electron chi connectivity index (χ0n) is 14.9. The minimum absolute atomic E-state index is 0.0384. The first-order valence-electron chi connectivity index (χ1n) is 9.62. The lowest BCUT2D eigenvalue weighted by Gasteiger charge is -2.22. The van der Waals surface area contributed by atoms with E-state index in [9.17, 15) is 4.79 Å². The maximum atomic E-state index is 12.5. The van der Waals surface area contributed by atoms with Gasteiger partial charge in [-0.3, -0.25) is 4.79 Å². The third kappa shape index (κ3) is 3.48. The summed E-state index contributed by atoms with van der Waals surface area (Å²) in [6, 6.07) is 10.1. The molecule has 2 saturated carbocycles. The Morgan fingerprint density at radius 3 is 2.80 bits per heavy atom. The maximum Gasteiger partial charge on any atom is 0.220 e. The van der Waals surface area contributed by atoms with Gasteiger partial charge in [0.25, 0.3) is 0 Å². The second-order valence-electron chi connectivity index (χ2n) is 7.72. The number of aromatic amines is 1. The molecule has 4 atom stereocenters. The Hall–Kier alpha value is -2.10. The van der Waals surface area contributed by atoms with Crippen molar-refractivity contribution in [2.75, 3.05) is 0 Å². The van der Waals surface area contributed by atoms with Crippen molar-refractivity contribution in [3.05, 3.63) is 42.4 Å². The Morgan fingerprint density at radius 1 is 1.28 bits per heavy atom. The van der Waals surface area contributed by atoms with Crippen LogP contribution in [0, 0.1) is 17.8 Å². The summed E-state index contributed by atoms with van der Waals surface area (Å²) in [6.45, 7) is 2.09. The first kappa shape index (κ1) is 16.4. The summed E-state index contributed by atoms with van der Waals surface area (Å²) in [5, 5.41) is 3.20. The fourth-order valence-electron chi connectivity index (χ4n) is 4.76. The van der Waals surface area contributed by atoms with Crippen LogP contribution in [0.15, 0.2) is 36.5 Å². The molecule has 2 aromatic rings. The predicted octanol–water partition coefficient (Wildman–Crippen LogP) is 4.47. The van der Waals surface area contributed by atoms with Gasteiger partial charge in [0.1, 0.15) is 5.82 Å². The minimum Gasteiger partial charge on any atom is -0.346 e. The van der Waals surface area contributed by atoms with Gasteiger partial charge in [-0.25, -0.2) is 4.98 Å². The molecule has 2 aliphatic rings. The van der Waals surface area contributed by atoms with Crippen LogP contribution < -0.4 is 5.32 Å². The van der Waals surface area contributed by atoms with Gasteiger partial charge in [-0.1, -0.05) is 43.7 Å². The Kier molecular flexibility index (Phi) is 4.60. The van der Waals surface area contributed by atoms with Crippen LogP contribution in [0.3, 0.4) is 0 Å². The molecule has 0 saturated heterocycles. The summed E-state index contributed by atoms with van der Waals surface area (Å²) < 4.78 is 0. The number of carbonyl (C=O) groups excluding carboxylic acids is 1. The summed E-state index contributed by atoms with van der Waals surface area (Å²) in [7, 11) is 0. The van der Waals surface area contributed by atoms with Crippen molar-refractivity contribution < 1.29 is 4.79 Å². The molecule has 2 N–H and O–H groups in total. The zero-order valence-corrected chi connectivity index (χ0v) is 14.9. The van der Waals surface area contributed by atoms with E-state index in [0.717, 1.165) is 35.3 Å². The van der Waals surface area contributed by atoms with E-state index >= 15 is 0 Å². The topological polar surface area (TPSA) is 57.8 Å². The van der Waals surface area contributed by atoms with Gasteiger partial charge in [0.05, 0.1) is 17.9 Å². The molecule has 0 aliphatic heterocycles. The molecule has 132 valence electrons. The first-order chi connectivity index (χ1) is 12.2. The fraction of sp³-hybridized carbons (Fsp3) is 0.524. The molecular weight excluding hydrogens is 310 g/mol. The largest absolute Gasteiger partial charge is 0.346 e. The van der Waals surface area contributed by atoms with E-state index in [1.165, 1.54) is 25.7 Å². The smallest absolute Gasteiger partial charge is 0.220 e.